The van der Waals surface area contributed by atoms with E-state index in [1.165, 1.54) is 6.07 Å². The lowest BCUT2D eigenvalue weighted by Gasteiger charge is -2.18. The van der Waals surface area contributed by atoms with Crippen LogP contribution in [-0.4, -0.2) is 77.8 Å². The van der Waals surface area contributed by atoms with Gasteiger partial charge >= 0.3 is 6.16 Å². The van der Waals surface area contributed by atoms with Gasteiger partial charge in [0, 0.05) is 87.2 Å². The molecule has 2 aromatic heterocycles. The van der Waals surface area contributed by atoms with Gasteiger partial charge in [0.25, 0.3) is 0 Å². The van der Waals surface area contributed by atoms with E-state index in [-0.39, 0.29) is 31.0 Å². The van der Waals surface area contributed by atoms with Crippen LogP contribution in [0.2, 0.25) is 0 Å². The van der Waals surface area contributed by atoms with Gasteiger partial charge in [-0.05, 0) is 30.7 Å². The molecular weight excluding hydrogens is 519 g/mol. The van der Waals surface area contributed by atoms with E-state index in [2.05, 4.69) is 20.3 Å². The highest BCUT2D eigenvalue weighted by molar-refractivity contribution is 6.00. The van der Waals surface area contributed by atoms with Crippen LogP contribution in [0.15, 0.2) is 53.9 Å². The number of nitrogens with zero attached hydrogens (tertiary/aromatic N) is 6. The molecule has 1 amide bonds. The maximum Gasteiger partial charge on any atom is 0.508 e. The number of amides is 1. The standard InChI is InChI=1S/C28H31FN6O5/c1-38-9-2-10-39-28(37)40-18-19-11-26(30-14-19)25-6-3-21(15-31-25)23-5-4-22(13-24(23)29)35-17-20(12-27(35)36)16-34-8-7-32-33-34/h3-8,13,15,19-20H,2,9-12,14,16-18H2,1H3/t19-,20+/m1/s1. The van der Waals surface area contributed by atoms with Crippen LogP contribution in [0.25, 0.3) is 11.1 Å². The summed E-state index contributed by atoms with van der Waals surface area (Å²) >= 11 is 0. The first kappa shape index (κ1) is 27.4. The Balaban J connectivity index is 1.14. The summed E-state index contributed by atoms with van der Waals surface area (Å²) in [5, 5.41) is 7.76. The number of ether oxygens (including phenoxy) is 3. The summed E-state index contributed by atoms with van der Waals surface area (Å²) in [5.74, 6) is -0.331. The first-order chi connectivity index (χ1) is 19.5. The molecule has 12 heteroatoms. The summed E-state index contributed by atoms with van der Waals surface area (Å²) in [6.07, 6.45) is 5.90. The third-order valence-corrected chi connectivity index (χ3v) is 6.93. The Bertz CT molecular complexity index is 1350. The topological polar surface area (TPSA) is 121 Å². The molecule has 0 spiro atoms. The molecule has 0 saturated carbocycles. The van der Waals surface area contributed by atoms with Crippen LogP contribution in [0.3, 0.4) is 0 Å². The van der Waals surface area contributed by atoms with Crippen LogP contribution in [0, 0.1) is 17.7 Å². The SMILES string of the molecule is COCCCOC(=O)OC[C@H]1CN=C(c2ccc(-c3ccc(N4C[C@H](Cn5ccnn5)CC4=O)cc3F)cn2)C1. The fraction of sp³-hybridized carbons (Fsp3) is 0.429. The van der Waals surface area contributed by atoms with E-state index < -0.39 is 12.0 Å². The quantitative estimate of drug-likeness (QED) is 0.263. The lowest BCUT2D eigenvalue weighted by molar-refractivity contribution is -0.117. The molecule has 5 rings (SSSR count). The van der Waals surface area contributed by atoms with E-state index in [0.717, 1.165) is 5.71 Å². The average molecular weight is 551 g/mol. The Labute approximate surface area is 231 Å². The third kappa shape index (κ3) is 6.68. The van der Waals surface area contributed by atoms with Gasteiger partial charge < -0.3 is 19.1 Å². The van der Waals surface area contributed by atoms with Crippen LogP contribution < -0.4 is 4.90 Å². The maximum atomic E-state index is 15.2. The summed E-state index contributed by atoms with van der Waals surface area (Å²) in [5.41, 5.74) is 3.07. The van der Waals surface area contributed by atoms with E-state index in [9.17, 15) is 9.59 Å². The summed E-state index contributed by atoms with van der Waals surface area (Å²) in [6, 6.07) is 8.45. The molecule has 0 bridgehead atoms. The summed E-state index contributed by atoms with van der Waals surface area (Å²) < 4.78 is 32.0. The van der Waals surface area contributed by atoms with Gasteiger partial charge in [-0.2, -0.15) is 0 Å². The number of halogens is 1. The van der Waals surface area contributed by atoms with E-state index in [1.807, 2.05) is 6.07 Å². The highest BCUT2D eigenvalue weighted by Gasteiger charge is 2.31. The number of aliphatic imine (C=N–C) groups is 1. The second-order valence-electron chi connectivity index (χ2n) is 9.91. The van der Waals surface area contributed by atoms with Crippen molar-refractivity contribution in [3.05, 3.63) is 60.4 Å². The van der Waals surface area contributed by atoms with Crippen LogP contribution in [0.4, 0.5) is 14.9 Å². The van der Waals surface area contributed by atoms with Gasteiger partial charge in [0.1, 0.15) is 5.82 Å². The largest absolute Gasteiger partial charge is 0.508 e. The molecule has 3 aromatic rings. The molecule has 2 aliphatic rings. The van der Waals surface area contributed by atoms with Gasteiger partial charge in [-0.15, -0.1) is 5.10 Å². The van der Waals surface area contributed by atoms with E-state index in [4.69, 9.17) is 14.2 Å². The first-order valence-electron chi connectivity index (χ1n) is 13.2. The number of pyridine rings is 1. The number of rotatable bonds is 11. The molecule has 2 aliphatic heterocycles. The second kappa shape index (κ2) is 12.8. The van der Waals surface area contributed by atoms with E-state index >= 15 is 4.39 Å². The Morgan fingerprint density at radius 3 is 2.77 bits per heavy atom. The molecule has 40 heavy (non-hydrogen) atoms. The van der Waals surface area contributed by atoms with Crippen molar-refractivity contribution in [1.29, 1.82) is 0 Å². The van der Waals surface area contributed by atoms with Crippen molar-refractivity contribution in [2.24, 2.45) is 16.8 Å². The number of hydrogen-bond acceptors (Lipinski definition) is 9. The predicted octanol–water partition coefficient (Wildman–Crippen LogP) is 3.53. The molecule has 0 aliphatic carbocycles. The zero-order valence-electron chi connectivity index (χ0n) is 22.2. The number of methoxy groups -OCH3 is 1. The molecule has 11 nitrogen and oxygen atoms in total. The van der Waals surface area contributed by atoms with Crippen molar-refractivity contribution in [2.45, 2.75) is 25.8 Å². The van der Waals surface area contributed by atoms with Crippen molar-refractivity contribution in [1.82, 2.24) is 20.0 Å². The van der Waals surface area contributed by atoms with Gasteiger partial charge in [0.2, 0.25) is 5.91 Å². The minimum Gasteiger partial charge on any atom is -0.434 e. The van der Waals surface area contributed by atoms with E-state index in [0.29, 0.717) is 68.0 Å². The molecule has 0 unspecified atom stereocenters. The smallest absolute Gasteiger partial charge is 0.434 e. The molecule has 2 atom stereocenters. The van der Waals surface area contributed by atoms with Gasteiger partial charge in [-0.1, -0.05) is 11.3 Å². The zero-order valence-corrected chi connectivity index (χ0v) is 22.2. The Hall–Kier alpha value is -4.19. The fourth-order valence-electron chi connectivity index (χ4n) is 4.90. The van der Waals surface area contributed by atoms with Gasteiger partial charge in [0.15, 0.2) is 0 Å². The normalized spacial score (nSPS) is 18.7. The van der Waals surface area contributed by atoms with Gasteiger partial charge in [-0.25, -0.2) is 9.18 Å². The fourth-order valence-corrected chi connectivity index (χ4v) is 4.90. The predicted molar refractivity (Wildman–Crippen MR) is 143 cm³/mol. The first-order valence-corrected chi connectivity index (χ1v) is 13.2. The summed E-state index contributed by atoms with van der Waals surface area (Å²) in [4.78, 5) is 35.0. The van der Waals surface area contributed by atoms with Crippen molar-refractivity contribution in [3.8, 4) is 11.1 Å². The molecule has 1 saturated heterocycles. The molecule has 0 radical (unpaired) electrons. The number of aromatic nitrogens is 4. The van der Waals surface area contributed by atoms with E-state index in [1.54, 1.807) is 53.5 Å². The lowest BCUT2D eigenvalue weighted by atomic mass is 10.0. The minimum absolute atomic E-state index is 0.0386. The summed E-state index contributed by atoms with van der Waals surface area (Å²) in [6.45, 7) is 2.59. The van der Waals surface area contributed by atoms with Gasteiger partial charge in [-0.3, -0.25) is 19.5 Å². The van der Waals surface area contributed by atoms with Crippen molar-refractivity contribution in [3.63, 3.8) is 0 Å². The summed E-state index contributed by atoms with van der Waals surface area (Å²) in [7, 11) is 1.59. The minimum atomic E-state index is -0.694. The molecule has 4 heterocycles. The highest BCUT2D eigenvalue weighted by Crippen LogP contribution is 2.31. The van der Waals surface area contributed by atoms with Crippen LogP contribution in [0.1, 0.15) is 25.0 Å². The molecular formula is C28H31FN6O5. The lowest BCUT2D eigenvalue weighted by Crippen LogP contribution is -2.25. The average Bonchev–Trinajstić information content (AvgIpc) is 3.72. The number of carbonyl (C=O) groups excluding carboxylic acids is 2. The number of carbonyl (C=O) groups is 2. The van der Waals surface area contributed by atoms with Crippen LogP contribution in [0.5, 0.6) is 0 Å². The molecule has 0 N–H and O–H groups in total. The Morgan fingerprint density at radius 1 is 1.12 bits per heavy atom. The molecule has 210 valence electrons. The monoisotopic (exact) mass is 550 g/mol. The van der Waals surface area contributed by atoms with Gasteiger partial charge in [0.05, 0.1) is 30.8 Å². The number of hydrogen-bond donors (Lipinski definition) is 0. The third-order valence-electron chi connectivity index (χ3n) is 6.93. The maximum absolute atomic E-state index is 15.2. The second-order valence-corrected chi connectivity index (χ2v) is 9.91. The number of anilines is 1. The highest BCUT2D eigenvalue weighted by atomic mass is 19.1. The zero-order chi connectivity index (χ0) is 27.9. The number of benzene rings is 1. The van der Waals surface area contributed by atoms with Crippen LogP contribution >= 0.6 is 0 Å². The van der Waals surface area contributed by atoms with Crippen LogP contribution in [-0.2, 0) is 25.5 Å². The van der Waals surface area contributed by atoms with Crippen molar-refractivity contribution in [2.75, 3.05) is 44.9 Å². The Kier molecular flexibility index (Phi) is 8.74. The van der Waals surface area contributed by atoms with Crippen molar-refractivity contribution < 1.29 is 28.2 Å². The Morgan fingerprint density at radius 2 is 2.02 bits per heavy atom. The molecule has 1 aromatic carbocycles. The van der Waals surface area contributed by atoms with Crippen molar-refractivity contribution >= 4 is 23.5 Å². The molecule has 1 fully saturated rings.